The number of hydrogen-bond donors (Lipinski definition) is 1. The molecule has 0 aliphatic carbocycles. The van der Waals surface area contributed by atoms with E-state index < -0.39 is 17.8 Å². The van der Waals surface area contributed by atoms with Crippen LogP contribution < -0.4 is 4.90 Å². The van der Waals surface area contributed by atoms with Gasteiger partial charge in [-0.2, -0.15) is 18.3 Å². The van der Waals surface area contributed by atoms with Crippen LogP contribution >= 0.6 is 0 Å². The number of halogens is 3. The van der Waals surface area contributed by atoms with Crippen molar-refractivity contribution < 1.29 is 23.1 Å². The number of carboxylic acids is 1. The maximum Gasteiger partial charge on any atom is 0.435 e. The van der Waals surface area contributed by atoms with Crippen LogP contribution in [0.25, 0.3) is 0 Å². The van der Waals surface area contributed by atoms with Gasteiger partial charge in [-0.05, 0) is 31.0 Å². The lowest BCUT2D eigenvalue weighted by molar-refractivity contribution is -0.141. The lowest BCUT2D eigenvalue weighted by Gasteiger charge is -2.33. The van der Waals surface area contributed by atoms with Gasteiger partial charge in [-0.15, -0.1) is 0 Å². The summed E-state index contributed by atoms with van der Waals surface area (Å²) < 4.78 is 39.4. The van der Waals surface area contributed by atoms with Gasteiger partial charge in [-0.1, -0.05) is 0 Å². The Kier molecular flexibility index (Phi) is 4.16. The molecule has 2 aromatic rings. The Morgan fingerprint density at radius 3 is 2.67 bits per heavy atom. The normalized spacial score (nSPS) is 18.6. The van der Waals surface area contributed by atoms with Crippen LogP contribution in [0.15, 0.2) is 30.6 Å². The highest BCUT2D eigenvalue weighted by Crippen LogP contribution is 2.30. The number of aromatic nitrogens is 3. The van der Waals surface area contributed by atoms with E-state index in [4.69, 9.17) is 5.11 Å². The molecule has 0 spiro atoms. The molecule has 6 nitrogen and oxygen atoms in total. The first-order valence-corrected chi connectivity index (χ1v) is 7.41. The number of piperidine rings is 1. The zero-order chi connectivity index (χ0) is 17.3. The number of nitrogens with zero attached hydrogens (tertiary/aromatic N) is 4. The third-order valence-electron chi connectivity index (χ3n) is 3.99. The summed E-state index contributed by atoms with van der Waals surface area (Å²) in [4.78, 5) is 16.9. The van der Waals surface area contributed by atoms with Crippen molar-refractivity contribution in [3.63, 3.8) is 0 Å². The first-order chi connectivity index (χ1) is 11.3. The fourth-order valence-electron chi connectivity index (χ4n) is 2.77. The smallest absolute Gasteiger partial charge is 0.435 e. The van der Waals surface area contributed by atoms with Gasteiger partial charge in [-0.3, -0.25) is 4.68 Å². The summed E-state index contributed by atoms with van der Waals surface area (Å²) in [5.74, 6) is -0.449. The summed E-state index contributed by atoms with van der Waals surface area (Å²) in [7, 11) is 0. The van der Waals surface area contributed by atoms with Crippen LogP contribution in [0.1, 0.15) is 34.9 Å². The Bertz CT molecular complexity index is 727. The number of pyridine rings is 1. The minimum absolute atomic E-state index is 0.0919. The zero-order valence-electron chi connectivity index (χ0n) is 12.6. The number of anilines is 1. The monoisotopic (exact) mass is 340 g/mol. The number of alkyl halides is 3. The van der Waals surface area contributed by atoms with E-state index in [0.717, 1.165) is 18.9 Å². The van der Waals surface area contributed by atoms with E-state index >= 15 is 0 Å². The lowest BCUT2D eigenvalue weighted by Crippen LogP contribution is -2.37. The van der Waals surface area contributed by atoms with Gasteiger partial charge in [0.15, 0.2) is 5.69 Å². The predicted octanol–water partition coefficient (Wildman–Crippen LogP) is 2.84. The molecule has 0 amide bonds. The first kappa shape index (κ1) is 16.3. The van der Waals surface area contributed by atoms with E-state index in [1.54, 1.807) is 6.07 Å². The zero-order valence-corrected chi connectivity index (χ0v) is 12.6. The molecule has 9 heteroatoms. The highest BCUT2D eigenvalue weighted by molar-refractivity contribution is 5.87. The highest BCUT2D eigenvalue weighted by atomic mass is 19.4. The topological polar surface area (TPSA) is 71.2 Å². The van der Waals surface area contributed by atoms with E-state index in [1.807, 2.05) is 4.90 Å². The van der Waals surface area contributed by atoms with Gasteiger partial charge in [0.05, 0.1) is 11.6 Å². The molecule has 128 valence electrons. The average molecular weight is 340 g/mol. The molecule has 0 saturated carbocycles. The van der Waals surface area contributed by atoms with Crippen molar-refractivity contribution in [1.82, 2.24) is 14.8 Å². The van der Waals surface area contributed by atoms with Gasteiger partial charge in [0.25, 0.3) is 0 Å². The molecule has 3 rings (SSSR count). The minimum atomic E-state index is -4.45. The van der Waals surface area contributed by atoms with Crippen LogP contribution in [0.5, 0.6) is 0 Å². The van der Waals surface area contributed by atoms with Gasteiger partial charge in [-0.25, -0.2) is 9.78 Å². The highest BCUT2D eigenvalue weighted by Gasteiger charge is 2.34. The van der Waals surface area contributed by atoms with Crippen LogP contribution in [0.4, 0.5) is 19.0 Å². The van der Waals surface area contributed by atoms with Crippen molar-refractivity contribution in [2.45, 2.75) is 25.1 Å². The predicted molar refractivity (Wildman–Crippen MR) is 78.9 cm³/mol. The molecule has 1 unspecified atom stereocenters. The van der Waals surface area contributed by atoms with E-state index in [2.05, 4.69) is 10.1 Å². The Balaban J connectivity index is 1.74. The quantitative estimate of drug-likeness (QED) is 0.930. The van der Waals surface area contributed by atoms with E-state index in [-0.39, 0.29) is 11.6 Å². The number of carbonyl (C=O) groups is 1. The molecule has 1 saturated heterocycles. The van der Waals surface area contributed by atoms with Crippen LogP contribution in [0, 0.1) is 0 Å². The molecule has 24 heavy (non-hydrogen) atoms. The second-order valence-corrected chi connectivity index (χ2v) is 5.63. The van der Waals surface area contributed by atoms with Crippen LogP contribution in [0.2, 0.25) is 0 Å². The Hall–Kier alpha value is -2.58. The molecule has 1 aliphatic heterocycles. The van der Waals surface area contributed by atoms with Crippen molar-refractivity contribution in [2.75, 3.05) is 18.0 Å². The fraction of sp³-hybridized carbons (Fsp3) is 0.400. The molecule has 2 aromatic heterocycles. The third-order valence-corrected chi connectivity index (χ3v) is 3.99. The van der Waals surface area contributed by atoms with Crippen molar-refractivity contribution in [3.8, 4) is 0 Å². The van der Waals surface area contributed by atoms with E-state index in [9.17, 15) is 18.0 Å². The van der Waals surface area contributed by atoms with Crippen molar-refractivity contribution in [1.29, 1.82) is 0 Å². The summed E-state index contributed by atoms with van der Waals surface area (Å²) in [6.45, 7) is 1.18. The standard InChI is InChI=1S/C15H15F3N4O2/c16-15(17,18)12-5-7-22(20-12)11-2-1-6-21(9-11)13-4-3-10(8-19-13)14(23)24/h3-5,7-8,11H,1-2,6,9H2,(H,23,24). The van der Waals surface area contributed by atoms with Gasteiger partial charge in [0.1, 0.15) is 5.82 Å². The molecule has 1 N–H and O–H groups in total. The minimum Gasteiger partial charge on any atom is -0.478 e. The number of aromatic carboxylic acids is 1. The molecule has 0 bridgehead atoms. The molecule has 0 aromatic carbocycles. The van der Waals surface area contributed by atoms with Crippen LogP contribution in [0.3, 0.4) is 0 Å². The van der Waals surface area contributed by atoms with E-state index in [1.165, 1.54) is 23.1 Å². The number of hydrogen-bond acceptors (Lipinski definition) is 4. The number of rotatable bonds is 3. The van der Waals surface area contributed by atoms with E-state index in [0.29, 0.717) is 18.9 Å². The van der Waals surface area contributed by atoms with Crippen LogP contribution in [-0.4, -0.2) is 38.9 Å². The lowest BCUT2D eigenvalue weighted by atomic mass is 10.1. The van der Waals surface area contributed by atoms with Crippen molar-refractivity contribution in [2.24, 2.45) is 0 Å². The van der Waals surface area contributed by atoms with Crippen molar-refractivity contribution >= 4 is 11.8 Å². The van der Waals surface area contributed by atoms with Gasteiger partial charge in [0.2, 0.25) is 0 Å². The summed E-state index contributed by atoms with van der Waals surface area (Å²) in [6.07, 6.45) is -0.320. The largest absolute Gasteiger partial charge is 0.478 e. The summed E-state index contributed by atoms with van der Waals surface area (Å²) >= 11 is 0. The molecule has 1 atom stereocenters. The third kappa shape index (κ3) is 3.34. The average Bonchev–Trinajstić information content (AvgIpc) is 3.05. The first-order valence-electron chi connectivity index (χ1n) is 7.41. The van der Waals surface area contributed by atoms with Gasteiger partial charge < -0.3 is 10.0 Å². The maximum atomic E-state index is 12.7. The molecule has 1 aliphatic rings. The summed E-state index contributed by atoms with van der Waals surface area (Å²) in [5, 5.41) is 12.5. The molecule has 1 fully saturated rings. The second kappa shape index (κ2) is 6.14. The second-order valence-electron chi connectivity index (χ2n) is 5.63. The van der Waals surface area contributed by atoms with Gasteiger partial charge in [0, 0.05) is 25.5 Å². The SMILES string of the molecule is O=C(O)c1ccc(N2CCCC(n3ccc(C(F)(F)F)n3)C2)nc1. The van der Waals surface area contributed by atoms with Crippen LogP contribution in [-0.2, 0) is 6.18 Å². The molecular formula is C15H15F3N4O2. The summed E-state index contributed by atoms with van der Waals surface area (Å²) in [5.41, 5.74) is -0.808. The Morgan fingerprint density at radius 1 is 1.29 bits per heavy atom. The Labute approximate surface area is 135 Å². The van der Waals surface area contributed by atoms with Crippen molar-refractivity contribution in [3.05, 3.63) is 41.9 Å². The fourth-order valence-corrected chi connectivity index (χ4v) is 2.77. The van der Waals surface area contributed by atoms with Gasteiger partial charge >= 0.3 is 12.1 Å². The summed E-state index contributed by atoms with van der Waals surface area (Å²) in [6, 6.07) is 3.86. The molecule has 0 radical (unpaired) electrons. The molecule has 3 heterocycles. The molecular weight excluding hydrogens is 325 g/mol. The Morgan fingerprint density at radius 2 is 2.08 bits per heavy atom. The maximum absolute atomic E-state index is 12.7. The number of carboxylic acid groups (broad SMARTS) is 1.